The minimum absolute atomic E-state index is 0.0583. The van der Waals surface area contributed by atoms with E-state index in [1.165, 1.54) is 24.3 Å². The van der Waals surface area contributed by atoms with Gasteiger partial charge in [-0.1, -0.05) is 0 Å². The van der Waals surface area contributed by atoms with Crippen LogP contribution in [0.4, 0.5) is 4.39 Å². The van der Waals surface area contributed by atoms with Crippen molar-refractivity contribution in [1.29, 1.82) is 0 Å². The van der Waals surface area contributed by atoms with Gasteiger partial charge >= 0.3 is 0 Å². The van der Waals surface area contributed by atoms with Gasteiger partial charge in [0.1, 0.15) is 23.8 Å². The van der Waals surface area contributed by atoms with Gasteiger partial charge in [-0.15, -0.1) is 0 Å². The number of hydrogen-bond acceptors (Lipinski definition) is 4. The number of benzene rings is 1. The van der Waals surface area contributed by atoms with Gasteiger partial charge in [0.25, 0.3) is 5.91 Å². The average molecular weight is 359 g/mol. The van der Waals surface area contributed by atoms with Crippen LogP contribution in [0.25, 0.3) is 0 Å². The molecule has 0 unspecified atom stereocenters. The molecule has 0 radical (unpaired) electrons. The van der Waals surface area contributed by atoms with Gasteiger partial charge < -0.3 is 14.7 Å². The Bertz CT molecular complexity index is 833. The lowest BCUT2D eigenvalue weighted by Gasteiger charge is -2.23. The number of likely N-dealkylation sites (tertiary alicyclic amines) is 1. The van der Waals surface area contributed by atoms with Crippen LogP contribution in [0.15, 0.2) is 24.3 Å². The molecule has 0 saturated carbocycles. The second-order valence-corrected chi connectivity index (χ2v) is 7.19. The van der Waals surface area contributed by atoms with E-state index in [0.717, 1.165) is 30.5 Å². The molecule has 7 heteroatoms. The van der Waals surface area contributed by atoms with Gasteiger partial charge in [-0.2, -0.15) is 5.10 Å². The Labute approximate surface area is 151 Å². The van der Waals surface area contributed by atoms with Crippen LogP contribution in [0.2, 0.25) is 0 Å². The predicted octanol–water partition coefficient (Wildman–Crippen LogP) is 1.70. The lowest BCUT2D eigenvalue weighted by molar-refractivity contribution is 0.00422. The van der Waals surface area contributed by atoms with E-state index in [4.69, 9.17) is 4.74 Å². The molecule has 2 heterocycles. The summed E-state index contributed by atoms with van der Waals surface area (Å²) in [5.41, 5.74) is 1.60. The highest BCUT2D eigenvalue weighted by Gasteiger charge is 2.40. The van der Waals surface area contributed by atoms with Crippen LogP contribution in [0.5, 0.6) is 5.75 Å². The summed E-state index contributed by atoms with van der Waals surface area (Å²) in [6.45, 7) is 0.731. The van der Waals surface area contributed by atoms with Gasteiger partial charge in [0, 0.05) is 24.8 Å². The molecule has 2 aromatic rings. The molecule has 1 amide bonds. The van der Waals surface area contributed by atoms with Gasteiger partial charge in [-0.3, -0.25) is 9.48 Å². The van der Waals surface area contributed by atoms with Crippen LogP contribution >= 0.6 is 0 Å². The molecule has 1 atom stereocenters. The van der Waals surface area contributed by atoms with Crippen LogP contribution in [0.1, 0.15) is 34.6 Å². The van der Waals surface area contributed by atoms with Gasteiger partial charge in [0.2, 0.25) is 0 Å². The van der Waals surface area contributed by atoms with Crippen LogP contribution in [0, 0.1) is 5.82 Å². The summed E-state index contributed by atoms with van der Waals surface area (Å²) in [6.07, 6.45) is 3.34. The number of halogens is 1. The van der Waals surface area contributed by atoms with E-state index < -0.39 is 5.60 Å². The minimum atomic E-state index is -1.11. The van der Waals surface area contributed by atoms with Crippen molar-refractivity contribution >= 4 is 5.91 Å². The van der Waals surface area contributed by atoms with E-state index in [1.54, 1.807) is 9.58 Å². The summed E-state index contributed by atoms with van der Waals surface area (Å²) in [4.78, 5) is 14.5. The maximum Gasteiger partial charge on any atom is 0.274 e. The largest absolute Gasteiger partial charge is 0.491 e. The molecule has 1 saturated heterocycles. The maximum atomic E-state index is 12.9. The van der Waals surface area contributed by atoms with Crippen molar-refractivity contribution < 1.29 is 19.0 Å². The number of amides is 1. The van der Waals surface area contributed by atoms with Crippen molar-refractivity contribution in [3.05, 3.63) is 47.0 Å². The highest BCUT2D eigenvalue weighted by molar-refractivity contribution is 5.94. The summed E-state index contributed by atoms with van der Waals surface area (Å²) in [5, 5.41) is 15.2. The Balaban J connectivity index is 1.42. The fourth-order valence-corrected chi connectivity index (χ4v) is 3.83. The van der Waals surface area contributed by atoms with Gasteiger partial charge in [0.15, 0.2) is 5.69 Å². The molecule has 26 heavy (non-hydrogen) atoms. The Kier molecular flexibility index (Phi) is 4.19. The van der Waals surface area contributed by atoms with Crippen molar-refractivity contribution in [3.63, 3.8) is 0 Å². The number of rotatable bonds is 4. The Morgan fingerprint density at radius 1 is 1.35 bits per heavy atom. The zero-order valence-corrected chi connectivity index (χ0v) is 14.7. The molecule has 2 aliphatic rings. The molecule has 0 spiro atoms. The summed E-state index contributed by atoms with van der Waals surface area (Å²) in [6, 6.07) is 5.67. The number of ether oxygens (including phenoxy) is 1. The number of carbonyl (C=O) groups is 1. The second kappa shape index (κ2) is 6.39. The van der Waals surface area contributed by atoms with Crippen LogP contribution in [0.3, 0.4) is 0 Å². The number of aliphatic hydroxyl groups is 1. The zero-order valence-electron chi connectivity index (χ0n) is 14.7. The predicted molar refractivity (Wildman–Crippen MR) is 92.6 cm³/mol. The number of fused-ring (bicyclic) bond motifs is 1. The molecule has 6 nitrogen and oxygen atoms in total. The van der Waals surface area contributed by atoms with Gasteiger partial charge in [-0.25, -0.2) is 4.39 Å². The summed E-state index contributed by atoms with van der Waals surface area (Å²) in [7, 11) is 1.87. The third-order valence-electron chi connectivity index (χ3n) is 5.26. The van der Waals surface area contributed by atoms with Crippen LogP contribution < -0.4 is 4.74 Å². The smallest absolute Gasteiger partial charge is 0.274 e. The fraction of sp³-hybridized carbons (Fsp3) is 0.474. The second-order valence-electron chi connectivity index (χ2n) is 7.19. The molecule has 0 bridgehead atoms. The molecule has 1 fully saturated rings. The maximum absolute atomic E-state index is 12.9. The molecule has 1 aliphatic heterocycles. The number of aromatic nitrogens is 2. The molecule has 1 aliphatic carbocycles. The standard InChI is InChI=1S/C19H22FN3O3/c1-22-16-4-2-3-15(16)17(21-22)18(24)23-10-9-19(25,11-23)12-26-14-7-5-13(20)6-8-14/h5-8,25H,2-4,9-12H2,1H3/t19-/m1/s1. The summed E-state index contributed by atoms with van der Waals surface area (Å²) in [5.74, 6) is 0.0326. The Hall–Kier alpha value is -2.41. The molecule has 1 aromatic carbocycles. The van der Waals surface area contributed by atoms with Crippen molar-refractivity contribution in [3.8, 4) is 5.75 Å². The van der Waals surface area contributed by atoms with E-state index in [2.05, 4.69) is 5.10 Å². The van der Waals surface area contributed by atoms with Crippen LogP contribution in [-0.4, -0.2) is 51.0 Å². The molecule has 4 rings (SSSR count). The topological polar surface area (TPSA) is 67.6 Å². The molecule has 138 valence electrons. The van der Waals surface area contributed by atoms with E-state index >= 15 is 0 Å². The van der Waals surface area contributed by atoms with E-state index in [1.807, 2.05) is 7.05 Å². The van der Waals surface area contributed by atoms with E-state index in [0.29, 0.717) is 24.4 Å². The average Bonchev–Trinajstić information content (AvgIpc) is 3.32. The molecular formula is C19H22FN3O3. The first-order valence-electron chi connectivity index (χ1n) is 8.90. The summed E-state index contributed by atoms with van der Waals surface area (Å²) < 4.78 is 20.3. The number of carbonyl (C=O) groups excluding carboxylic acids is 1. The monoisotopic (exact) mass is 359 g/mol. The number of nitrogens with zero attached hydrogens (tertiary/aromatic N) is 3. The SMILES string of the molecule is Cn1nc(C(=O)N2CC[C@](O)(COc3ccc(F)cc3)C2)c2c1CCC2. The zero-order chi connectivity index (χ0) is 18.3. The molecule has 1 N–H and O–H groups in total. The van der Waals surface area contributed by atoms with Crippen molar-refractivity contribution in [2.75, 3.05) is 19.7 Å². The van der Waals surface area contributed by atoms with Gasteiger partial charge in [-0.05, 0) is 49.9 Å². The molecular weight excluding hydrogens is 337 g/mol. The van der Waals surface area contributed by atoms with Gasteiger partial charge in [0.05, 0.1) is 6.54 Å². The highest BCUT2D eigenvalue weighted by atomic mass is 19.1. The normalized spacial score (nSPS) is 21.9. The Morgan fingerprint density at radius 3 is 2.88 bits per heavy atom. The first-order chi connectivity index (χ1) is 12.5. The number of β-amino-alcohol motifs (C(OH)–C–C–N with tert-alkyl or cyclic N) is 1. The van der Waals surface area contributed by atoms with Crippen molar-refractivity contribution in [1.82, 2.24) is 14.7 Å². The van der Waals surface area contributed by atoms with E-state index in [-0.39, 0.29) is 24.9 Å². The van der Waals surface area contributed by atoms with Crippen LogP contribution in [-0.2, 0) is 19.9 Å². The summed E-state index contributed by atoms with van der Waals surface area (Å²) >= 11 is 0. The third kappa shape index (κ3) is 3.07. The lowest BCUT2D eigenvalue weighted by Crippen LogP contribution is -2.41. The quantitative estimate of drug-likeness (QED) is 0.902. The third-order valence-corrected chi connectivity index (χ3v) is 5.26. The first-order valence-corrected chi connectivity index (χ1v) is 8.90. The molecule has 1 aromatic heterocycles. The fourth-order valence-electron chi connectivity index (χ4n) is 3.83. The highest BCUT2D eigenvalue weighted by Crippen LogP contribution is 2.29. The first kappa shape index (κ1) is 17.0. The minimum Gasteiger partial charge on any atom is -0.491 e. The van der Waals surface area contributed by atoms with Crippen molar-refractivity contribution in [2.24, 2.45) is 7.05 Å². The Morgan fingerprint density at radius 2 is 2.12 bits per heavy atom. The number of aryl methyl sites for hydroxylation is 1. The number of hydrogen-bond donors (Lipinski definition) is 1. The lowest BCUT2D eigenvalue weighted by atomic mass is 10.1. The van der Waals surface area contributed by atoms with Crippen molar-refractivity contribution in [2.45, 2.75) is 31.3 Å². The van der Waals surface area contributed by atoms with E-state index in [9.17, 15) is 14.3 Å².